The number of hydrogen-bond acceptors (Lipinski definition) is 5. The van der Waals surface area contributed by atoms with E-state index in [1.165, 1.54) is 6.20 Å². The monoisotopic (exact) mass is 420 g/mol. The Bertz CT molecular complexity index is 1120. The minimum absolute atomic E-state index is 0.0322. The summed E-state index contributed by atoms with van der Waals surface area (Å²) in [7, 11) is 1.90. The smallest absolute Gasteiger partial charge is 0.341 e. The van der Waals surface area contributed by atoms with E-state index >= 15 is 4.39 Å². The van der Waals surface area contributed by atoms with Crippen molar-refractivity contribution in [3.63, 3.8) is 0 Å². The van der Waals surface area contributed by atoms with Gasteiger partial charge in [-0.2, -0.15) is 0 Å². The van der Waals surface area contributed by atoms with Crippen LogP contribution in [-0.2, 0) is 0 Å². The number of carbonyl (C=O) groups is 1. The number of fused-ring (bicyclic) bond motifs is 1. The maximum absolute atomic E-state index is 15.4. The molecule has 154 valence electrons. The molecular formula is C20H22ClFN4O3. The molecule has 0 unspecified atom stereocenters. The van der Waals surface area contributed by atoms with Crippen molar-refractivity contribution in [1.82, 2.24) is 9.88 Å². The highest BCUT2D eigenvalue weighted by Gasteiger charge is 2.55. The lowest BCUT2D eigenvalue weighted by molar-refractivity contribution is 0.0695. The maximum atomic E-state index is 15.4. The van der Waals surface area contributed by atoms with Crippen molar-refractivity contribution in [1.29, 1.82) is 0 Å². The van der Waals surface area contributed by atoms with E-state index in [0.717, 1.165) is 25.7 Å². The van der Waals surface area contributed by atoms with Crippen LogP contribution in [0, 0.1) is 11.2 Å². The summed E-state index contributed by atoms with van der Waals surface area (Å²) in [6.45, 7) is 1.26. The van der Waals surface area contributed by atoms with Crippen LogP contribution in [0.25, 0.3) is 10.9 Å². The molecule has 1 aromatic carbocycles. The highest BCUT2D eigenvalue weighted by atomic mass is 35.5. The van der Waals surface area contributed by atoms with Gasteiger partial charge in [-0.25, -0.2) is 9.18 Å². The first-order chi connectivity index (χ1) is 13.8. The summed E-state index contributed by atoms with van der Waals surface area (Å²) in [5.74, 6) is -2.12. The van der Waals surface area contributed by atoms with Gasteiger partial charge in [-0.1, -0.05) is 11.6 Å². The quantitative estimate of drug-likeness (QED) is 0.657. The number of nitrogens with zero attached hydrogens (tertiary/aromatic N) is 2. The Morgan fingerprint density at radius 2 is 2.10 bits per heavy atom. The summed E-state index contributed by atoms with van der Waals surface area (Å²) in [5.41, 5.74) is 5.18. The molecule has 1 spiro atoms. The van der Waals surface area contributed by atoms with Gasteiger partial charge >= 0.3 is 5.97 Å². The summed E-state index contributed by atoms with van der Waals surface area (Å²) in [5, 5.41) is 12.7. The number of nitrogen functional groups attached to an aromatic ring is 1. The Morgan fingerprint density at radius 1 is 1.41 bits per heavy atom. The second-order valence-corrected chi connectivity index (χ2v) is 8.89. The number of nitrogens with two attached hydrogens (primary N) is 1. The van der Waals surface area contributed by atoms with E-state index in [-0.39, 0.29) is 39.3 Å². The first kappa shape index (κ1) is 18.7. The van der Waals surface area contributed by atoms with Crippen molar-refractivity contribution >= 4 is 39.8 Å². The van der Waals surface area contributed by atoms with Gasteiger partial charge in [-0.3, -0.25) is 4.79 Å². The van der Waals surface area contributed by atoms with Gasteiger partial charge in [0.25, 0.3) is 0 Å². The van der Waals surface area contributed by atoms with E-state index in [4.69, 9.17) is 17.3 Å². The number of rotatable bonds is 4. The van der Waals surface area contributed by atoms with E-state index < -0.39 is 22.8 Å². The van der Waals surface area contributed by atoms with Crippen LogP contribution in [0.1, 0.15) is 42.1 Å². The zero-order chi connectivity index (χ0) is 20.7. The molecule has 9 heteroatoms. The van der Waals surface area contributed by atoms with Crippen LogP contribution in [0.15, 0.2) is 11.0 Å². The third kappa shape index (κ3) is 2.58. The van der Waals surface area contributed by atoms with Crippen molar-refractivity contribution < 1.29 is 14.3 Å². The normalized spacial score (nSPS) is 22.6. The molecule has 3 fully saturated rings. The number of aromatic carboxylic acids is 1. The fourth-order valence-corrected chi connectivity index (χ4v) is 5.22. The van der Waals surface area contributed by atoms with Gasteiger partial charge in [0.15, 0.2) is 5.82 Å². The summed E-state index contributed by atoms with van der Waals surface area (Å²) in [4.78, 5) is 26.3. The average molecular weight is 421 g/mol. The van der Waals surface area contributed by atoms with Crippen LogP contribution in [0.3, 0.4) is 0 Å². The second kappa shape index (κ2) is 6.09. The number of aromatic nitrogens is 1. The van der Waals surface area contributed by atoms with Crippen LogP contribution in [-0.4, -0.2) is 41.8 Å². The molecule has 2 aromatic rings. The predicted molar refractivity (Wildman–Crippen MR) is 110 cm³/mol. The van der Waals surface area contributed by atoms with Crippen LogP contribution in [0.5, 0.6) is 0 Å². The van der Waals surface area contributed by atoms with Crippen LogP contribution < -0.4 is 21.4 Å². The molecule has 7 nitrogen and oxygen atoms in total. The molecule has 1 saturated heterocycles. The van der Waals surface area contributed by atoms with Gasteiger partial charge in [0.2, 0.25) is 5.43 Å². The van der Waals surface area contributed by atoms with E-state index in [1.54, 1.807) is 4.57 Å². The lowest BCUT2D eigenvalue weighted by Crippen LogP contribution is -2.34. The fraction of sp³-hybridized carbons (Fsp3) is 0.500. The van der Waals surface area contributed by atoms with Crippen molar-refractivity contribution in [3.8, 4) is 0 Å². The van der Waals surface area contributed by atoms with Gasteiger partial charge in [-0.05, 0) is 32.7 Å². The lowest BCUT2D eigenvalue weighted by Gasteiger charge is -2.24. The Labute approximate surface area is 171 Å². The standard InChI is InChI=1S/C20H22ClFN4O3/c1-24-11-7-25(8-20(11)4-5-20)17-13(21)16-12(15(23)14(17)22)18(27)10(19(28)29)6-26(16)9-2-3-9/h6,9,11,24H,2-5,7-8,23H2,1H3,(H,28,29)/t11-/m0/s1. The highest BCUT2D eigenvalue weighted by molar-refractivity contribution is 6.38. The number of nitrogens with one attached hydrogen (secondary N) is 1. The van der Waals surface area contributed by atoms with Gasteiger partial charge in [0.1, 0.15) is 5.56 Å². The minimum Gasteiger partial charge on any atom is -0.477 e. The molecule has 2 saturated carbocycles. The van der Waals surface area contributed by atoms with Gasteiger partial charge < -0.3 is 25.6 Å². The molecule has 2 heterocycles. The van der Waals surface area contributed by atoms with E-state index in [0.29, 0.717) is 18.6 Å². The molecule has 5 rings (SSSR count). The van der Waals surface area contributed by atoms with Gasteiger partial charge in [0.05, 0.1) is 27.3 Å². The molecule has 0 radical (unpaired) electrons. The number of likely N-dealkylation sites (N-methyl/N-ethyl adjacent to an activating group) is 1. The van der Waals surface area contributed by atoms with Gasteiger partial charge in [0, 0.05) is 36.8 Å². The Balaban J connectivity index is 1.78. The summed E-state index contributed by atoms with van der Waals surface area (Å²) in [6, 6.07) is 0.264. The number of carboxylic acid groups (broad SMARTS) is 1. The third-order valence-electron chi connectivity index (χ3n) is 6.74. The molecule has 4 N–H and O–H groups in total. The molecule has 1 atom stereocenters. The van der Waals surface area contributed by atoms with Crippen molar-refractivity contribution in [2.24, 2.45) is 5.41 Å². The average Bonchev–Trinajstić information content (AvgIpc) is 3.58. The fourth-order valence-electron chi connectivity index (χ4n) is 4.83. The highest BCUT2D eigenvalue weighted by Crippen LogP contribution is 2.55. The van der Waals surface area contributed by atoms with Crippen LogP contribution >= 0.6 is 11.6 Å². The zero-order valence-electron chi connectivity index (χ0n) is 16.0. The SMILES string of the molecule is CN[C@H]1CN(c2c(F)c(N)c3c(=O)c(C(=O)O)cn(C4CC4)c3c2Cl)CC12CC2. The van der Waals surface area contributed by atoms with Crippen molar-refractivity contribution in [3.05, 3.63) is 32.8 Å². The summed E-state index contributed by atoms with van der Waals surface area (Å²) >= 11 is 6.72. The molecule has 3 aliphatic rings. The first-order valence-electron chi connectivity index (χ1n) is 9.80. The third-order valence-corrected chi connectivity index (χ3v) is 7.10. The van der Waals surface area contributed by atoms with Crippen molar-refractivity contribution in [2.45, 2.75) is 37.8 Å². The van der Waals surface area contributed by atoms with E-state index in [1.807, 2.05) is 11.9 Å². The Kier molecular flexibility index (Phi) is 3.93. The molecular weight excluding hydrogens is 399 g/mol. The number of hydrogen-bond donors (Lipinski definition) is 3. The topological polar surface area (TPSA) is 101 Å². The number of anilines is 2. The first-order valence-corrected chi connectivity index (χ1v) is 10.2. The molecule has 0 bridgehead atoms. The van der Waals surface area contributed by atoms with Gasteiger partial charge in [-0.15, -0.1) is 0 Å². The van der Waals surface area contributed by atoms with Crippen molar-refractivity contribution in [2.75, 3.05) is 30.8 Å². The van der Waals surface area contributed by atoms with E-state index in [9.17, 15) is 14.7 Å². The number of benzene rings is 1. The second-order valence-electron chi connectivity index (χ2n) is 8.51. The van der Waals surface area contributed by atoms with Crippen LogP contribution in [0.4, 0.5) is 15.8 Å². The predicted octanol–water partition coefficient (Wildman–Crippen LogP) is 2.60. The molecule has 2 aliphatic carbocycles. The Morgan fingerprint density at radius 3 is 2.62 bits per heavy atom. The molecule has 1 aromatic heterocycles. The minimum atomic E-state index is -1.36. The molecule has 29 heavy (non-hydrogen) atoms. The van der Waals surface area contributed by atoms with E-state index in [2.05, 4.69) is 5.32 Å². The molecule has 0 amide bonds. The number of carboxylic acids is 1. The summed E-state index contributed by atoms with van der Waals surface area (Å²) < 4.78 is 17.1. The lowest BCUT2D eigenvalue weighted by atomic mass is 10.0. The largest absolute Gasteiger partial charge is 0.477 e. The maximum Gasteiger partial charge on any atom is 0.341 e. The Hall–Kier alpha value is -2.32. The number of pyridine rings is 1. The van der Waals surface area contributed by atoms with Crippen LogP contribution in [0.2, 0.25) is 5.02 Å². The zero-order valence-corrected chi connectivity index (χ0v) is 16.7. The summed E-state index contributed by atoms with van der Waals surface area (Å²) in [6.07, 6.45) is 5.15. The molecule has 1 aliphatic heterocycles. The number of halogens is 2.